The molecule has 0 unspecified atom stereocenters. The van der Waals surface area contributed by atoms with Gasteiger partial charge >= 0.3 is 0 Å². The Bertz CT molecular complexity index is 3250. The second-order valence-electron chi connectivity index (χ2n) is 15.2. The Kier molecular flexibility index (Phi) is 9.55. The third-order valence-electron chi connectivity index (χ3n) is 11.6. The van der Waals surface area contributed by atoms with Gasteiger partial charge in [0.25, 0.3) is 0 Å². The van der Waals surface area contributed by atoms with E-state index in [4.69, 9.17) is 9.97 Å². The van der Waals surface area contributed by atoms with Crippen molar-refractivity contribution in [3.8, 4) is 33.8 Å². The number of para-hydroxylation sites is 5. The van der Waals surface area contributed by atoms with Gasteiger partial charge in [0.1, 0.15) is 0 Å². The van der Waals surface area contributed by atoms with Crippen LogP contribution in [0.1, 0.15) is 36.2 Å². The molecule has 1 aliphatic rings. The van der Waals surface area contributed by atoms with Crippen molar-refractivity contribution in [3.63, 3.8) is 0 Å². The quantitative estimate of drug-likeness (QED) is 0.146. The lowest BCUT2D eigenvalue weighted by atomic mass is 9.94. The highest BCUT2D eigenvalue weighted by Crippen LogP contribution is 2.51. The van der Waals surface area contributed by atoms with Crippen molar-refractivity contribution >= 4 is 56.5 Å². The molecule has 4 aromatic heterocycles. The molecule has 0 aliphatic carbocycles. The Labute approximate surface area is 356 Å². The fourth-order valence-corrected chi connectivity index (χ4v) is 8.98. The van der Waals surface area contributed by atoms with Gasteiger partial charge in [-0.2, -0.15) is 0 Å². The first-order valence-corrected chi connectivity index (χ1v) is 20.6. The number of allylic oxidation sites excluding steroid dienone is 5. The highest BCUT2D eigenvalue weighted by Gasteiger charge is 2.31. The van der Waals surface area contributed by atoms with Crippen LogP contribution < -0.4 is 4.90 Å². The van der Waals surface area contributed by atoms with Gasteiger partial charge in [-0.1, -0.05) is 116 Å². The Morgan fingerprint density at radius 3 is 1.93 bits per heavy atom. The number of aromatic nitrogens is 4. The minimum Gasteiger partial charge on any atom is -0.309 e. The average molecular weight is 786 g/mol. The van der Waals surface area contributed by atoms with Crippen molar-refractivity contribution < 1.29 is 0 Å². The summed E-state index contributed by atoms with van der Waals surface area (Å²) < 4.78 is 4.68. The molecular weight excluding hydrogens is 743 g/mol. The van der Waals surface area contributed by atoms with Crippen LogP contribution in [0.2, 0.25) is 0 Å². The average Bonchev–Trinajstić information content (AvgIpc) is 3.79. The standard InChI is InChI=1S/C56H43N5/c1-5-20-51-45(6-2)46-25-14-17-28-52(46)60(51)44-33-41(36-58-37-44)40-32-39(34-57-35-40)38(4)31-49-50(7-3)59(42-21-10-8-11-22-42)54-30-19-16-27-48(54)56-55(49)47-26-15-18-29-53(47)61(56)43-23-12-9-13-24-43/h5-37H,2-3H2,1,4H3/b20-5-,38-31+. The number of fused-ring (bicyclic) bond motifs is 6. The fourth-order valence-electron chi connectivity index (χ4n) is 8.98. The summed E-state index contributed by atoms with van der Waals surface area (Å²) in [7, 11) is 0. The molecule has 5 heterocycles. The van der Waals surface area contributed by atoms with Crippen LogP contribution in [0.5, 0.6) is 0 Å². The minimum atomic E-state index is 0.967. The molecule has 0 saturated carbocycles. The molecule has 0 amide bonds. The Balaban J connectivity index is 1.18. The van der Waals surface area contributed by atoms with Crippen LogP contribution in [0.15, 0.2) is 207 Å². The van der Waals surface area contributed by atoms with Gasteiger partial charge in [-0.3, -0.25) is 9.97 Å². The zero-order chi connectivity index (χ0) is 41.5. The summed E-state index contributed by atoms with van der Waals surface area (Å²) in [5.74, 6) is 0. The lowest BCUT2D eigenvalue weighted by Gasteiger charge is -2.28. The summed E-state index contributed by atoms with van der Waals surface area (Å²) in [6, 6.07) is 51.6. The van der Waals surface area contributed by atoms with Crippen LogP contribution >= 0.6 is 0 Å². The van der Waals surface area contributed by atoms with Crippen molar-refractivity contribution in [2.24, 2.45) is 0 Å². The van der Waals surface area contributed by atoms with E-state index < -0.39 is 0 Å². The zero-order valence-corrected chi connectivity index (χ0v) is 34.2. The molecule has 0 fully saturated rings. The van der Waals surface area contributed by atoms with Gasteiger partial charge in [-0.25, -0.2) is 0 Å². The number of nitrogens with zero attached hydrogens (tertiary/aromatic N) is 5. The summed E-state index contributed by atoms with van der Waals surface area (Å²) in [4.78, 5) is 12.0. The lowest BCUT2D eigenvalue weighted by Crippen LogP contribution is -2.16. The Hall–Kier alpha value is -8.02. The smallest absolute Gasteiger partial charge is 0.0651 e. The molecule has 0 atom stereocenters. The van der Waals surface area contributed by atoms with Crippen LogP contribution in [-0.2, 0) is 0 Å². The largest absolute Gasteiger partial charge is 0.309 e. The molecule has 10 rings (SSSR count). The molecule has 0 spiro atoms. The summed E-state index contributed by atoms with van der Waals surface area (Å²) in [5, 5.41) is 2.31. The summed E-state index contributed by atoms with van der Waals surface area (Å²) in [6.07, 6.45) is 18.2. The molecule has 292 valence electrons. The molecule has 0 N–H and O–H groups in total. The Morgan fingerprint density at radius 1 is 0.590 bits per heavy atom. The van der Waals surface area contributed by atoms with Gasteiger partial charge in [0, 0.05) is 74.1 Å². The predicted octanol–water partition coefficient (Wildman–Crippen LogP) is 14.5. The molecule has 0 radical (unpaired) electrons. The minimum absolute atomic E-state index is 0.967. The number of rotatable bonds is 9. The summed E-state index contributed by atoms with van der Waals surface area (Å²) in [5.41, 5.74) is 18.1. The van der Waals surface area contributed by atoms with Gasteiger partial charge in [0.15, 0.2) is 0 Å². The first kappa shape index (κ1) is 37.3. The van der Waals surface area contributed by atoms with Crippen molar-refractivity contribution in [1.29, 1.82) is 0 Å². The molecule has 5 heteroatoms. The Morgan fingerprint density at radius 2 is 1.21 bits per heavy atom. The predicted molar refractivity (Wildman–Crippen MR) is 257 cm³/mol. The van der Waals surface area contributed by atoms with E-state index in [0.29, 0.717) is 0 Å². The molecular formula is C56H43N5. The number of hydrogen-bond donors (Lipinski definition) is 0. The van der Waals surface area contributed by atoms with E-state index in [1.165, 1.54) is 0 Å². The topological polar surface area (TPSA) is 38.9 Å². The van der Waals surface area contributed by atoms with Crippen molar-refractivity contribution in [2.45, 2.75) is 13.8 Å². The van der Waals surface area contributed by atoms with Crippen LogP contribution in [0.3, 0.4) is 0 Å². The normalized spacial score (nSPS) is 12.8. The summed E-state index contributed by atoms with van der Waals surface area (Å²) in [6.45, 7) is 12.9. The molecule has 5 aromatic carbocycles. The van der Waals surface area contributed by atoms with Crippen molar-refractivity contribution in [3.05, 3.63) is 230 Å². The zero-order valence-electron chi connectivity index (χ0n) is 34.2. The van der Waals surface area contributed by atoms with Gasteiger partial charge < -0.3 is 14.0 Å². The van der Waals surface area contributed by atoms with E-state index in [2.05, 4.69) is 198 Å². The SMILES string of the molecule is C=CC1=C(/C=C(\C)c2cncc(-c3cncc(-n4c(/C=C\C)c(C=C)c5ccccc54)c3)c2)c2c(n(-c3ccccc3)c3ccccc23)-c2ccccc2N1c1ccccc1. The number of anilines is 2. The first-order valence-electron chi connectivity index (χ1n) is 20.6. The molecule has 61 heavy (non-hydrogen) atoms. The third kappa shape index (κ3) is 6.26. The van der Waals surface area contributed by atoms with E-state index in [1.54, 1.807) is 0 Å². The number of hydrogen-bond acceptors (Lipinski definition) is 3. The lowest BCUT2D eigenvalue weighted by molar-refractivity contribution is 1.08. The molecule has 0 bridgehead atoms. The van der Waals surface area contributed by atoms with E-state index in [1.807, 2.05) is 43.9 Å². The molecule has 9 aromatic rings. The maximum atomic E-state index is 4.83. The molecule has 0 saturated heterocycles. The third-order valence-corrected chi connectivity index (χ3v) is 11.6. The van der Waals surface area contributed by atoms with E-state index in [0.717, 1.165) is 106 Å². The maximum Gasteiger partial charge on any atom is 0.0651 e. The maximum absolute atomic E-state index is 4.83. The molecule has 1 aliphatic heterocycles. The van der Waals surface area contributed by atoms with Crippen molar-refractivity contribution in [2.75, 3.05) is 4.90 Å². The van der Waals surface area contributed by atoms with Crippen LogP contribution in [0.4, 0.5) is 11.4 Å². The van der Waals surface area contributed by atoms with E-state index in [-0.39, 0.29) is 0 Å². The van der Waals surface area contributed by atoms with Crippen LogP contribution in [0, 0.1) is 0 Å². The second kappa shape index (κ2) is 15.6. The highest BCUT2D eigenvalue weighted by atomic mass is 15.2. The van der Waals surface area contributed by atoms with Crippen LogP contribution in [-0.4, -0.2) is 19.1 Å². The van der Waals surface area contributed by atoms with Gasteiger partial charge in [-0.05, 0) is 97.8 Å². The highest BCUT2D eigenvalue weighted by molar-refractivity contribution is 6.10. The van der Waals surface area contributed by atoms with Crippen LogP contribution in [0.25, 0.3) is 78.9 Å². The van der Waals surface area contributed by atoms with Gasteiger partial charge in [-0.15, -0.1) is 0 Å². The number of benzene rings is 5. The second-order valence-corrected chi connectivity index (χ2v) is 15.2. The monoisotopic (exact) mass is 785 g/mol. The fraction of sp³-hybridized carbons (Fsp3) is 0.0357. The van der Waals surface area contributed by atoms with Gasteiger partial charge in [0.2, 0.25) is 0 Å². The van der Waals surface area contributed by atoms with Gasteiger partial charge in [0.05, 0.1) is 45.7 Å². The summed E-state index contributed by atoms with van der Waals surface area (Å²) >= 11 is 0. The number of pyridine rings is 2. The van der Waals surface area contributed by atoms with E-state index in [9.17, 15) is 0 Å². The molecule has 5 nitrogen and oxygen atoms in total. The first-order chi connectivity index (χ1) is 30.1. The van der Waals surface area contributed by atoms with E-state index >= 15 is 0 Å². The van der Waals surface area contributed by atoms with Crippen molar-refractivity contribution in [1.82, 2.24) is 19.1 Å².